The highest BCUT2D eigenvalue weighted by Crippen LogP contribution is 2.22. The van der Waals surface area contributed by atoms with Crippen LogP contribution < -0.4 is 4.90 Å². The van der Waals surface area contributed by atoms with E-state index < -0.39 is 0 Å². The van der Waals surface area contributed by atoms with Crippen LogP contribution in [0.2, 0.25) is 0 Å². The molecule has 0 bridgehead atoms. The molecule has 0 unspecified atom stereocenters. The summed E-state index contributed by atoms with van der Waals surface area (Å²) >= 11 is 0. The molecule has 0 saturated carbocycles. The Balaban J connectivity index is 2.06. The molecular weight excluding hydrogens is 212 g/mol. The van der Waals surface area contributed by atoms with E-state index in [0.29, 0.717) is 5.92 Å². The third-order valence-corrected chi connectivity index (χ3v) is 3.43. The molecule has 1 aliphatic heterocycles. The van der Waals surface area contributed by atoms with E-state index in [1.54, 1.807) is 0 Å². The minimum Gasteiger partial charge on any atom is -0.357 e. The average Bonchev–Trinajstić information content (AvgIpc) is 2.97. The summed E-state index contributed by atoms with van der Waals surface area (Å²) in [7, 11) is 0. The lowest BCUT2D eigenvalue weighted by Crippen LogP contribution is -2.19. The number of aromatic nitrogens is 3. The molecule has 17 heavy (non-hydrogen) atoms. The summed E-state index contributed by atoms with van der Waals surface area (Å²) in [6, 6.07) is 2.06. The predicted octanol–water partition coefficient (Wildman–Crippen LogP) is 2.45. The zero-order chi connectivity index (χ0) is 11.8. The molecule has 0 aliphatic carbocycles. The van der Waals surface area contributed by atoms with Crippen LogP contribution in [-0.2, 0) is 0 Å². The van der Waals surface area contributed by atoms with Crippen molar-refractivity contribution in [2.75, 3.05) is 18.0 Å². The molecule has 4 nitrogen and oxygen atoms in total. The number of hydrogen-bond acceptors (Lipinski definition) is 3. The minimum absolute atomic E-state index is 0.467. The van der Waals surface area contributed by atoms with Gasteiger partial charge in [-0.25, -0.2) is 9.50 Å². The van der Waals surface area contributed by atoms with Gasteiger partial charge in [-0.1, -0.05) is 13.8 Å². The van der Waals surface area contributed by atoms with Crippen LogP contribution in [0, 0.1) is 0 Å². The van der Waals surface area contributed by atoms with Crippen molar-refractivity contribution in [2.24, 2.45) is 0 Å². The molecule has 4 heteroatoms. The van der Waals surface area contributed by atoms with Gasteiger partial charge in [0.2, 0.25) is 0 Å². The first-order valence-electron chi connectivity index (χ1n) is 6.35. The van der Waals surface area contributed by atoms with Gasteiger partial charge in [-0.15, -0.1) is 0 Å². The quantitative estimate of drug-likeness (QED) is 0.794. The van der Waals surface area contributed by atoms with Gasteiger partial charge in [0.25, 0.3) is 0 Å². The fourth-order valence-electron chi connectivity index (χ4n) is 2.41. The molecule has 1 saturated heterocycles. The van der Waals surface area contributed by atoms with Crippen LogP contribution in [0.15, 0.2) is 18.5 Å². The lowest BCUT2D eigenvalue weighted by Gasteiger charge is -2.16. The Morgan fingerprint density at radius 3 is 2.71 bits per heavy atom. The summed E-state index contributed by atoms with van der Waals surface area (Å²) in [4.78, 5) is 7.12. The second kappa shape index (κ2) is 4.02. The standard InChI is InChI=1S/C13H18N4/c1-10(2)11-9-14-17-8-5-12(15-13(11)17)16-6-3-4-7-16/h5,8-10H,3-4,6-7H2,1-2H3. The summed E-state index contributed by atoms with van der Waals surface area (Å²) in [6.07, 6.45) is 6.51. The van der Waals surface area contributed by atoms with E-state index in [0.717, 1.165) is 24.6 Å². The molecule has 3 heterocycles. The van der Waals surface area contributed by atoms with Crippen molar-refractivity contribution in [1.82, 2.24) is 14.6 Å². The molecular formula is C13H18N4. The van der Waals surface area contributed by atoms with E-state index in [9.17, 15) is 0 Å². The van der Waals surface area contributed by atoms with Crippen molar-refractivity contribution in [3.8, 4) is 0 Å². The Bertz CT molecular complexity index is 523. The lowest BCUT2D eigenvalue weighted by molar-refractivity contribution is 0.867. The zero-order valence-electron chi connectivity index (χ0n) is 10.4. The molecule has 1 fully saturated rings. The Morgan fingerprint density at radius 1 is 1.24 bits per heavy atom. The molecule has 0 spiro atoms. The van der Waals surface area contributed by atoms with E-state index in [1.807, 2.05) is 16.9 Å². The number of nitrogens with zero attached hydrogens (tertiary/aromatic N) is 4. The first-order chi connectivity index (χ1) is 8.25. The predicted molar refractivity (Wildman–Crippen MR) is 68.5 cm³/mol. The van der Waals surface area contributed by atoms with Gasteiger partial charge in [0, 0.05) is 24.8 Å². The van der Waals surface area contributed by atoms with Gasteiger partial charge in [0.1, 0.15) is 5.82 Å². The maximum atomic E-state index is 4.76. The smallest absolute Gasteiger partial charge is 0.160 e. The third kappa shape index (κ3) is 1.77. The van der Waals surface area contributed by atoms with Gasteiger partial charge < -0.3 is 4.90 Å². The SMILES string of the molecule is CC(C)c1cnn2ccc(N3CCCC3)nc12. The maximum Gasteiger partial charge on any atom is 0.160 e. The number of hydrogen-bond donors (Lipinski definition) is 0. The molecule has 0 amide bonds. The molecule has 2 aromatic heterocycles. The fourth-order valence-corrected chi connectivity index (χ4v) is 2.41. The van der Waals surface area contributed by atoms with Crippen LogP contribution >= 0.6 is 0 Å². The summed E-state index contributed by atoms with van der Waals surface area (Å²) < 4.78 is 1.87. The second-order valence-electron chi connectivity index (χ2n) is 5.00. The monoisotopic (exact) mass is 230 g/mol. The van der Waals surface area contributed by atoms with Crippen molar-refractivity contribution in [1.29, 1.82) is 0 Å². The van der Waals surface area contributed by atoms with E-state index in [2.05, 4.69) is 29.9 Å². The van der Waals surface area contributed by atoms with Crippen molar-refractivity contribution >= 4 is 11.5 Å². The zero-order valence-corrected chi connectivity index (χ0v) is 10.4. The number of fused-ring (bicyclic) bond motifs is 1. The first-order valence-corrected chi connectivity index (χ1v) is 6.35. The van der Waals surface area contributed by atoms with Crippen molar-refractivity contribution < 1.29 is 0 Å². The highest BCUT2D eigenvalue weighted by atomic mass is 15.3. The van der Waals surface area contributed by atoms with E-state index in [4.69, 9.17) is 4.98 Å². The van der Waals surface area contributed by atoms with Crippen LogP contribution in [-0.4, -0.2) is 27.7 Å². The Labute approximate surface area is 101 Å². The molecule has 0 radical (unpaired) electrons. The topological polar surface area (TPSA) is 33.4 Å². The van der Waals surface area contributed by atoms with Crippen molar-refractivity contribution in [2.45, 2.75) is 32.6 Å². The number of rotatable bonds is 2. The molecule has 2 aromatic rings. The summed E-state index contributed by atoms with van der Waals surface area (Å²) in [5, 5.41) is 4.34. The highest BCUT2D eigenvalue weighted by molar-refractivity contribution is 5.54. The maximum absolute atomic E-state index is 4.76. The van der Waals surface area contributed by atoms with Crippen LogP contribution in [0.4, 0.5) is 5.82 Å². The van der Waals surface area contributed by atoms with Gasteiger partial charge in [0.05, 0.1) is 6.20 Å². The fraction of sp³-hybridized carbons (Fsp3) is 0.538. The number of anilines is 1. The summed E-state index contributed by atoms with van der Waals surface area (Å²) in [6.45, 7) is 6.63. The van der Waals surface area contributed by atoms with Crippen LogP contribution in [0.25, 0.3) is 5.65 Å². The first kappa shape index (κ1) is 10.6. The van der Waals surface area contributed by atoms with E-state index in [1.165, 1.54) is 18.4 Å². The van der Waals surface area contributed by atoms with Gasteiger partial charge in [0.15, 0.2) is 5.65 Å². The Morgan fingerprint density at radius 2 is 2.00 bits per heavy atom. The average molecular weight is 230 g/mol. The van der Waals surface area contributed by atoms with Gasteiger partial charge in [-0.2, -0.15) is 5.10 Å². The minimum atomic E-state index is 0.467. The van der Waals surface area contributed by atoms with Crippen LogP contribution in [0.5, 0.6) is 0 Å². The van der Waals surface area contributed by atoms with Gasteiger partial charge >= 0.3 is 0 Å². The lowest BCUT2D eigenvalue weighted by atomic mass is 10.1. The third-order valence-electron chi connectivity index (χ3n) is 3.43. The molecule has 0 atom stereocenters. The molecule has 90 valence electrons. The summed E-state index contributed by atoms with van der Waals surface area (Å²) in [5.74, 6) is 1.56. The van der Waals surface area contributed by atoms with Crippen LogP contribution in [0.1, 0.15) is 38.2 Å². The summed E-state index contributed by atoms with van der Waals surface area (Å²) in [5.41, 5.74) is 2.23. The second-order valence-corrected chi connectivity index (χ2v) is 5.00. The van der Waals surface area contributed by atoms with Gasteiger partial charge in [-0.05, 0) is 24.8 Å². The van der Waals surface area contributed by atoms with Crippen molar-refractivity contribution in [3.63, 3.8) is 0 Å². The normalized spacial score (nSPS) is 16.3. The largest absolute Gasteiger partial charge is 0.357 e. The van der Waals surface area contributed by atoms with Crippen LogP contribution in [0.3, 0.4) is 0 Å². The van der Waals surface area contributed by atoms with Crippen molar-refractivity contribution in [3.05, 3.63) is 24.0 Å². The molecule has 0 N–H and O–H groups in total. The molecule has 1 aliphatic rings. The highest BCUT2D eigenvalue weighted by Gasteiger charge is 2.15. The van der Waals surface area contributed by atoms with Gasteiger partial charge in [-0.3, -0.25) is 0 Å². The Kier molecular flexibility index (Phi) is 2.50. The van der Waals surface area contributed by atoms with E-state index >= 15 is 0 Å². The van der Waals surface area contributed by atoms with E-state index in [-0.39, 0.29) is 0 Å². The molecule has 3 rings (SSSR count). The molecule has 0 aromatic carbocycles. The Hall–Kier alpha value is -1.58.